The molecule has 0 radical (unpaired) electrons. The van der Waals surface area contributed by atoms with E-state index in [-0.39, 0.29) is 10.8 Å². The van der Waals surface area contributed by atoms with E-state index in [1.807, 2.05) is 19.1 Å². The van der Waals surface area contributed by atoms with Crippen molar-refractivity contribution in [2.75, 3.05) is 6.54 Å². The summed E-state index contributed by atoms with van der Waals surface area (Å²) in [7, 11) is -3.64. The number of hydrogen-bond acceptors (Lipinski definition) is 5. The van der Waals surface area contributed by atoms with E-state index in [0.717, 1.165) is 27.2 Å². The van der Waals surface area contributed by atoms with Crippen LogP contribution in [0.25, 0.3) is 21.5 Å². The zero-order valence-corrected chi connectivity index (χ0v) is 15.3. The number of nitrogens with zero attached hydrogens (tertiary/aromatic N) is 1. The molecule has 0 amide bonds. The van der Waals surface area contributed by atoms with Gasteiger partial charge in [-0.3, -0.25) is 0 Å². The van der Waals surface area contributed by atoms with Crippen LogP contribution < -0.4 is 4.72 Å². The molecule has 0 saturated carbocycles. The Morgan fingerprint density at radius 2 is 2.08 bits per heavy atom. The molecule has 3 N–H and O–H groups in total. The van der Waals surface area contributed by atoms with Crippen LogP contribution in [-0.4, -0.2) is 35.6 Å². The van der Waals surface area contributed by atoms with Crippen molar-refractivity contribution < 1.29 is 13.5 Å². The molecule has 6 nitrogen and oxygen atoms in total. The number of fused-ring (bicyclic) bond motifs is 1. The molecule has 0 saturated heterocycles. The predicted molar refractivity (Wildman–Crippen MR) is 95.6 cm³/mol. The lowest BCUT2D eigenvalue weighted by Crippen LogP contribution is -2.37. The van der Waals surface area contributed by atoms with Crippen LogP contribution >= 0.6 is 11.3 Å². The number of aromatic nitrogens is 2. The van der Waals surface area contributed by atoms with E-state index in [1.165, 1.54) is 11.3 Å². The highest BCUT2D eigenvalue weighted by Gasteiger charge is 2.22. The fourth-order valence-electron chi connectivity index (χ4n) is 2.33. The second kappa shape index (κ2) is 5.96. The second-order valence-electron chi connectivity index (χ2n) is 6.33. The summed E-state index contributed by atoms with van der Waals surface area (Å²) < 4.78 is 27.4. The highest BCUT2D eigenvalue weighted by molar-refractivity contribution is 7.91. The highest BCUT2D eigenvalue weighted by atomic mass is 32.2. The monoisotopic (exact) mass is 365 g/mol. The van der Waals surface area contributed by atoms with E-state index in [9.17, 15) is 13.5 Å². The minimum atomic E-state index is -3.64. The summed E-state index contributed by atoms with van der Waals surface area (Å²) >= 11 is 1.19. The molecular formula is C16H19N3O3S2. The Kier molecular flexibility index (Phi) is 4.25. The molecule has 3 aromatic heterocycles. The number of aliphatic hydroxyl groups is 1. The molecule has 0 aliphatic heterocycles. The molecule has 3 aromatic rings. The number of aromatic amines is 1. The first-order valence-corrected chi connectivity index (χ1v) is 9.72. The molecule has 24 heavy (non-hydrogen) atoms. The largest absolute Gasteiger partial charge is 0.389 e. The minimum Gasteiger partial charge on any atom is -0.389 e. The lowest BCUT2D eigenvalue weighted by molar-refractivity contribution is 0.0857. The molecule has 8 heteroatoms. The maximum Gasteiger partial charge on any atom is 0.250 e. The van der Waals surface area contributed by atoms with Gasteiger partial charge in [-0.2, -0.15) is 0 Å². The standard InChI is InChI=1S/C16H19N3O3S2/c1-10-8-12-11(6-7-17-15(12)19-10)13-4-5-14(23-13)24(21,22)18-9-16(2,3)20/h4-8,18,20H,9H2,1-3H3,(H,17,19). The van der Waals surface area contributed by atoms with Gasteiger partial charge in [0, 0.05) is 34.3 Å². The van der Waals surface area contributed by atoms with Gasteiger partial charge in [0.05, 0.1) is 5.60 Å². The maximum absolute atomic E-state index is 12.4. The van der Waals surface area contributed by atoms with E-state index in [1.54, 1.807) is 32.2 Å². The number of aryl methyl sites for hydroxylation is 1. The van der Waals surface area contributed by atoms with Crippen molar-refractivity contribution in [3.8, 4) is 10.4 Å². The number of H-pyrrole nitrogens is 1. The summed E-state index contributed by atoms with van der Waals surface area (Å²) in [4.78, 5) is 8.32. The number of hydrogen-bond donors (Lipinski definition) is 3. The highest BCUT2D eigenvalue weighted by Crippen LogP contribution is 2.34. The minimum absolute atomic E-state index is 0.0426. The summed E-state index contributed by atoms with van der Waals surface area (Å²) in [6.45, 7) is 5.02. The van der Waals surface area contributed by atoms with Crippen LogP contribution in [0.5, 0.6) is 0 Å². The van der Waals surface area contributed by atoms with Gasteiger partial charge in [0.25, 0.3) is 0 Å². The lowest BCUT2D eigenvalue weighted by atomic mass is 10.1. The third-order valence-corrected chi connectivity index (χ3v) is 6.48. The van der Waals surface area contributed by atoms with Crippen LogP contribution in [0.1, 0.15) is 19.5 Å². The van der Waals surface area contributed by atoms with Crippen LogP contribution in [0.15, 0.2) is 34.7 Å². The van der Waals surface area contributed by atoms with Crippen molar-refractivity contribution in [3.05, 3.63) is 36.2 Å². The average Bonchev–Trinajstić information content (AvgIpc) is 3.09. The molecule has 0 aliphatic rings. The first-order valence-electron chi connectivity index (χ1n) is 7.42. The van der Waals surface area contributed by atoms with Crippen molar-refractivity contribution >= 4 is 32.4 Å². The van der Waals surface area contributed by atoms with Gasteiger partial charge in [0.2, 0.25) is 10.0 Å². The number of pyridine rings is 1. The Morgan fingerprint density at radius 3 is 2.79 bits per heavy atom. The Hall–Kier alpha value is -1.74. The molecule has 0 atom stereocenters. The van der Waals surface area contributed by atoms with Crippen LogP contribution in [0.2, 0.25) is 0 Å². The first-order chi connectivity index (χ1) is 11.2. The molecule has 0 fully saturated rings. The molecule has 3 heterocycles. The summed E-state index contributed by atoms with van der Waals surface area (Å²) in [5, 5.41) is 10.7. The summed E-state index contributed by atoms with van der Waals surface area (Å²) in [5.41, 5.74) is 1.62. The normalized spacial score (nSPS) is 12.8. The SMILES string of the molecule is Cc1cc2c(-c3ccc(S(=O)(=O)NCC(C)(C)O)s3)ccnc2[nH]1. The van der Waals surface area contributed by atoms with Crippen LogP contribution in [0, 0.1) is 6.92 Å². The molecule has 0 aromatic carbocycles. The van der Waals surface area contributed by atoms with E-state index in [4.69, 9.17) is 0 Å². The number of rotatable bonds is 5. The van der Waals surface area contributed by atoms with Gasteiger partial charge in [0.1, 0.15) is 9.86 Å². The quantitative estimate of drug-likeness (QED) is 0.648. The van der Waals surface area contributed by atoms with Crippen LogP contribution in [0.3, 0.4) is 0 Å². The molecular weight excluding hydrogens is 346 g/mol. The molecule has 0 bridgehead atoms. The topological polar surface area (TPSA) is 95.1 Å². The van der Waals surface area contributed by atoms with E-state index >= 15 is 0 Å². The summed E-state index contributed by atoms with van der Waals surface area (Å²) in [6.07, 6.45) is 1.70. The van der Waals surface area contributed by atoms with Gasteiger partial charge < -0.3 is 10.1 Å². The predicted octanol–water partition coefficient (Wildman–Crippen LogP) is 2.65. The van der Waals surface area contributed by atoms with Gasteiger partial charge in [0.15, 0.2) is 0 Å². The van der Waals surface area contributed by atoms with Gasteiger partial charge >= 0.3 is 0 Å². The van der Waals surface area contributed by atoms with Crippen molar-refractivity contribution in [3.63, 3.8) is 0 Å². The Bertz CT molecular complexity index is 982. The third-order valence-electron chi connectivity index (χ3n) is 3.47. The fourth-order valence-corrected chi connectivity index (χ4v) is 4.92. The van der Waals surface area contributed by atoms with Crippen molar-refractivity contribution in [1.29, 1.82) is 0 Å². The number of sulfonamides is 1. The maximum atomic E-state index is 12.4. The summed E-state index contributed by atoms with van der Waals surface area (Å²) in [5.74, 6) is 0. The molecule has 128 valence electrons. The number of nitrogens with one attached hydrogen (secondary N) is 2. The molecule has 0 aliphatic carbocycles. The Labute approximate surface area is 144 Å². The van der Waals surface area contributed by atoms with E-state index in [2.05, 4.69) is 14.7 Å². The van der Waals surface area contributed by atoms with Crippen LogP contribution in [0.4, 0.5) is 0 Å². The van der Waals surface area contributed by atoms with Gasteiger partial charge in [-0.1, -0.05) is 0 Å². The van der Waals surface area contributed by atoms with Crippen LogP contribution in [-0.2, 0) is 10.0 Å². The zero-order chi connectivity index (χ0) is 17.5. The number of thiophene rings is 1. The third kappa shape index (κ3) is 3.51. The van der Waals surface area contributed by atoms with E-state index in [0.29, 0.717) is 0 Å². The fraction of sp³-hybridized carbons (Fsp3) is 0.312. The smallest absolute Gasteiger partial charge is 0.250 e. The molecule has 3 rings (SSSR count). The Morgan fingerprint density at radius 1 is 1.33 bits per heavy atom. The van der Waals surface area contributed by atoms with E-state index < -0.39 is 15.6 Å². The molecule has 0 spiro atoms. The first kappa shape index (κ1) is 17.1. The van der Waals surface area contributed by atoms with Gasteiger partial charge in [-0.15, -0.1) is 11.3 Å². The second-order valence-corrected chi connectivity index (χ2v) is 9.41. The van der Waals surface area contributed by atoms with Crippen molar-refractivity contribution in [2.24, 2.45) is 0 Å². The Balaban J connectivity index is 1.95. The van der Waals surface area contributed by atoms with Crippen molar-refractivity contribution in [2.45, 2.75) is 30.6 Å². The van der Waals surface area contributed by atoms with Gasteiger partial charge in [-0.25, -0.2) is 18.1 Å². The van der Waals surface area contributed by atoms with Gasteiger partial charge in [-0.05, 0) is 45.0 Å². The zero-order valence-electron chi connectivity index (χ0n) is 13.6. The van der Waals surface area contributed by atoms with Crippen molar-refractivity contribution in [1.82, 2.24) is 14.7 Å². The average molecular weight is 365 g/mol. The summed E-state index contributed by atoms with van der Waals surface area (Å²) in [6, 6.07) is 7.25. The lowest BCUT2D eigenvalue weighted by Gasteiger charge is -2.17. The molecule has 0 unspecified atom stereocenters.